The van der Waals surface area contributed by atoms with Crippen LogP contribution in [0.15, 0.2) is 10.6 Å². The molecule has 0 saturated heterocycles. The molecule has 3 rings (SSSR count). The van der Waals surface area contributed by atoms with Crippen molar-refractivity contribution in [2.45, 2.75) is 46.6 Å². The van der Waals surface area contributed by atoms with E-state index in [2.05, 4.69) is 20.7 Å². The Morgan fingerprint density at radius 2 is 2.21 bits per heavy atom. The second-order valence-corrected chi connectivity index (χ2v) is 6.20. The molecule has 0 bridgehead atoms. The van der Waals surface area contributed by atoms with E-state index in [1.165, 1.54) is 0 Å². The summed E-state index contributed by atoms with van der Waals surface area (Å²) in [5.41, 5.74) is 3.72. The molecule has 0 radical (unpaired) electrons. The molecule has 3 heterocycles. The standard InChI is InChI=1S/C17H23N5O2/c1-5-18-15-8-13-9-22(7-6-14(13)19-20-15)17(23)10(2)16-11(3)21-24-12(16)4/h8,10H,5-7,9H2,1-4H3,(H,18,20)/t10-/m1/s1. The number of nitrogens with zero attached hydrogens (tertiary/aromatic N) is 4. The Kier molecular flexibility index (Phi) is 4.51. The maximum absolute atomic E-state index is 12.9. The summed E-state index contributed by atoms with van der Waals surface area (Å²) in [6, 6.07) is 1.99. The number of carbonyl (C=O) groups is 1. The van der Waals surface area contributed by atoms with Crippen molar-refractivity contribution in [3.63, 3.8) is 0 Å². The van der Waals surface area contributed by atoms with Crippen molar-refractivity contribution < 1.29 is 9.32 Å². The van der Waals surface area contributed by atoms with Gasteiger partial charge < -0.3 is 14.7 Å². The van der Waals surface area contributed by atoms with Crippen molar-refractivity contribution in [2.24, 2.45) is 0 Å². The number of fused-ring (bicyclic) bond motifs is 1. The third-order valence-corrected chi connectivity index (χ3v) is 4.50. The highest BCUT2D eigenvalue weighted by atomic mass is 16.5. The van der Waals surface area contributed by atoms with Crippen LogP contribution in [0.3, 0.4) is 0 Å². The van der Waals surface area contributed by atoms with Crippen LogP contribution in [-0.2, 0) is 17.8 Å². The molecule has 0 fully saturated rings. The highest BCUT2D eigenvalue weighted by Crippen LogP contribution is 2.27. The predicted octanol–water partition coefficient (Wildman–Crippen LogP) is 2.20. The van der Waals surface area contributed by atoms with E-state index in [1.807, 2.05) is 38.7 Å². The molecule has 1 aliphatic heterocycles. The summed E-state index contributed by atoms with van der Waals surface area (Å²) in [6.45, 7) is 9.67. The first kappa shape index (κ1) is 16.4. The molecular weight excluding hydrogens is 306 g/mol. The zero-order valence-corrected chi connectivity index (χ0v) is 14.6. The van der Waals surface area contributed by atoms with Gasteiger partial charge in [-0.25, -0.2) is 0 Å². The number of hydrogen-bond donors (Lipinski definition) is 1. The van der Waals surface area contributed by atoms with Crippen molar-refractivity contribution in [3.05, 3.63) is 34.3 Å². The number of rotatable bonds is 4. The van der Waals surface area contributed by atoms with E-state index >= 15 is 0 Å². The number of hydrogen-bond acceptors (Lipinski definition) is 6. The van der Waals surface area contributed by atoms with Crippen LogP contribution in [0.1, 0.15) is 48.0 Å². The largest absolute Gasteiger partial charge is 0.369 e. The van der Waals surface area contributed by atoms with Gasteiger partial charge in [0.2, 0.25) is 5.91 Å². The highest BCUT2D eigenvalue weighted by molar-refractivity contribution is 5.84. The number of amides is 1. The normalized spacial score (nSPS) is 15.1. The molecule has 128 valence electrons. The molecule has 24 heavy (non-hydrogen) atoms. The molecule has 1 atom stereocenters. The lowest BCUT2D eigenvalue weighted by atomic mass is 9.96. The van der Waals surface area contributed by atoms with E-state index in [-0.39, 0.29) is 11.8 Å². The number of nitrogens with one attached hydrogen (secondary N) is 1. The summed E-state index contributed by atoms with van der Waals surface area (Å²) in [7, 11) is 0. The molecule has 0 saturated carbocycles. The van der Waals surface area contributed by atoms with E-state index in [1.54, 1.807) is 0 Å². The lowest BCUT2D eigenvalue weighted by Crippen LogP contribution is -2.39. The second kappa shape index (κ2) is 6.59. The number of carbonyl (C=O) groups excluding carboxylic acids is 1. The van der Waals surface area contributed by atoms with Gasteiger partial charge in [0.1, 0.15) is 11.6 Å². The molecule has 7 heteroatoms. The van der Waals surface area contributed by atoms with E-state index in [0.29, 0.717) is 18.8 Å². The van der Waals surface area contributed by atoms with Gasteiger partial charge in [0.15, 0.2) is 0 Å². The van der Waals surface area contributed by atoms with Gasteiger partial charge in [0.25, 0.3) is 0 Å². The van der Waals surface area contributed by atoms with Crippen molar-refractivity contribution in [2.75, 3.05) is 18.4 Å². The fourth-order valence-electron chi connectivity index (χ4n) is 3.29. The van der Waals surface area contributed by atoms with Crippen molar-refractivity contribution in [1.29, 1.82) is 0 Å². The fourth-order valence-corrected chi connectivity index (χ4v) is 3.29. The Bertz CT molecular complexity index is 736. The predicted molar refractivity (Wildman–Crippen MR) is 89.7 cm³/mol. The third kappa shape index (κ3) is 2.98. The summed E-state index contributed by atoms with van der Waals surface area (Å²) < 4.78 is 5.21. The Hall–Kier alpha value is -2.44. The van der Waals surface area contributed by atoms with Crippen LogP contribution in [0.5, 0.6) is 0 Å². The number of aryl methyl sites for hydroxylation is 2. The molecule has 2 aromatic rings. The van der Waals surface area contributed by atoms with Gasteiger partial charge in [-0.1, -0.05) is 5.16 Å². The van der Waals surface area contributed by atoms with Gasteiger partial charge in [-0.05, 0) is 39.3 Å². The quantitative estimate of drug-likeness (QED) is 0.926. The summed E-state index contributed by atoms with van der Waals surface area (Å²) in [5, 5.41) is 15.6. The monoisotopic (exact) mass is 329 g/mol. The zero-order valence-electron chi connectivity index (χ0n) is 14.6. The van der Waals surface area contributed by atoms with Gasteiger partial charge in [-0.15, -0.1) is 5.10 Å². The van der Waals surface area contributed by atoms with Gasteiger partial charge in [-0.3, -0.25) is 4.79 Å². The van der Waals surface area contributed by atoms with Crippen LogP contribution in [0.4, 0.5) is 5.82 Å². The van der Waals surface area contributed by atoms with Gasteiger partial charge >= 0.3 is 0 Å². The average Bonchev–Trinajstić information content (AvgIpc) is 2.92. The molecule has 1 aliphatic rings. The Morgan fingerprint density at radius 1 is 1.42 bits per heavy atom. The molecule has 0 aliphatic carbocycles. The number of aromatic nitrogens is 3. The minimum absolute atomic E-state index is 0.0943. The lowest BCUT2D eigenvalue weighted by molar-refractivity contribution is -0.133. The lowest BCUT2D eigenvalue weighted by Gasteiger charge is -2.30. The van der Waals surface area contributed by atoms with Crippen molar-refractivity contribution >= 4 is 11.7 Å². The minimum atomic E-state index is -0.263. The Labute approximate surface area is 141 Å². The molecule has 1 amide bonds. The first-order valence-electron chi connectivity index (χ1n) is 8.32. The van der Waals surface area contributed by atoms with Crippen LogP contribution < -0.4 is 5.32 Å². The van der Waals surface area contributed by atoms with E-state index < -0.39 is 0 Å². The molecule has 2 aromatic heterocycles. The third-order valence-electron chi connectivity index (χ3n) is 4.50. The second-order valence-electron chi connectivity index (χ2n) is 6.20. The molecule has 0 unspecified atom stereocenters. The maximum Gasteiger partial charge on any atom is 0.230 e. The summed E-state index contributed by atoms with van der Waals surface area (Å²) in [5.74, 6) is 1.30. The van der Waals surface area contributed by atoms with Crippen LogP contribution in [0, 0.1) is 13.8 Å². The first-order chi connectivity index (χ1) is 11.5. The maximum atomic E-state index is 12.9. The molecule has 0 aromatic carbocycles. The number of anilines is 1. The van der Waals surface area contributed by atoms with E-state index in [4.69, 9.17) is 4.52 Å². The summed E-state index contributed by atoms with van der Waals surface area (Å²) >= 11 is 0. The zero-order chi connectivity index (χ0) is 17.3. The molecule has 1 N–H and O–H groups in total. The fraction of sp³-hybridized carbons (Fsp3) is 0.529. The molecular formula is C17H23N5O2. The Morgan fingerprint density at radius 3 is 2.88 bits per heavy atom. The van der Waals surface area contributed by atoms with Crippen molar-refractivity contribution in [3.8, 4) is 0 Å². The Balaban J connectivity index is 1.79. The van der Waals surface area contributed by atoms with E-state index in [0.717, 1.165) is 41.3 Å². The van der Waals surface area contributed by atoms with E-state index in [9.17, 15) is 4.79 Å². The minimum Gasteiger partial charge on any atom is -0.369 e. The molecule has 0 spiro atoms. The molecule has 7 nitrogen and oxygen atoms in total. The SMILES string of the molecule is CCNc1cc2c(nn1)CCN(C(=O)[C@H](C)c1c(C)noc1C)C2. The summed E-state index contributed by atoms with van der Waals surface area (Å²) in [6.07, 6.45) is 0.731. The highest BCUT2D eigenvalue weighted by Gasteiger charge is 2.29. The van der Waals surface area contributed by atoms with Gasteiger partial charge in [-0.2, -0.15) is 5.10 Å². The van der Waals surface area contributed by atoms with Crippen LogP contribution in [-0.4, -0.2) is 39.3 Å². The summed E-state index contributed by atoms with van der Waals surface area (Å²) in [4.78, 5) is 14.8. The van der Waals surface area contributed by atoms with Gasteiger partial charge in [0.05, 0.1) is 17.3 Å². The first-order valence-corrected chi connectivity index (χ1v) is 8.32. The van der Waals surface area contributed by atoms with Crippen LogP contribution in [0.2, 0.25) is 0 Å². The van der Waals surface area contributed by atoms with Crippen LogP contribution >= 0.6 is 0 Å². The van der Waals surface area contributed by atoms with Crippen molar-refractivity contribution in [1.82, 2.24) is 20.3 Å². The van der Waals surface area contributed by atoms with Crippen LogP contribution in [0.25, 0.3) is 0 Å². The van der Waals surface area contributed by atoms with Gasteiger partial charge in [0, 0.05) is 31.6 Å². The smallest absolute Gasteiger partial charge is 0.230 e. The average molecular weight is 329 g/mol. The topological polar surface area (TPSA) is 84.2 Å².